The van der Waals surface area contributed by atoms with E-state index >= 15 is 0 Å². The van der Waals surface area contributed by atoms with E-state index in [2.05, 4.69) is 11.8 Å². The summed E-state index contributed by atoms with van der Waals surface area (Å²) in [5.41, 5.74) is 3.05. The van der Waals surface area contributed by atoms with Crippen LogP contribution in [0.2, 0.25) is 0 Å². The Kier molecular flexibility index (Phi) is 7.29. The molecule has 0 radical (unpaired) electrons. The van der Waals surface area contributed by atoms with Gasteiger partial charge in [-0.3, -0.25) is 4.79 Å². The van der Waals surface area contributed by atoms with Gasteiger partial charge in [0.25, 0.3) is 0 Å². The molecule has 0 aliphatic carbocycles. The lowest BCUT2D eigenvalue weighted by atomic mass is 9.90. The third-order valence-electron chi connectivity index (χ3n) is 5.48. The van der Waals surface area contributed by atoms with Crippen LogP contribution in [0.3, 0.4) is 0 Å². The van der Waals surface area contributed by atoms with E-state index < -0.39 is 0 Å². The van der Waals surface area contributed by atoms with E-state index in [9.17, 15) is 4.79 Å². The largest absolute Gasteiger partial charge is 0.496 e. The minimum atomic E-state index is 0.254. The zero-order chi connectivity index (χ0) is 17.5. The number of likely N-dealkylation sites (tertiary alicyclic amines) is 1. The van der Waals surface area contributed by atoms with Crippen LogP contribution in [0.5, 0.6) is 5.75 Å². The summed E-state index contributed by atoms with van der Waals surface area (Å²) in [6.45, 7) is 9.98. The normalized spacial score (nSPS) is 16.3. The van der Waals surface area contributed by atoms with Gasteiger partial charge in [0, 0.05) is 12.0 Å². The monoisotopic (exact) mass is 331 g/mol. The van der Waals surface area contributed by atoms with E-state index in [1.165, 1.54) is 45.3 Å². The lowest BCUT2D eigenvalue weighted by Gasteiger charge is -2.31. The molecule has 0 amide bonds. The molecule has 1 saturated heterocycles. The Bertz CT molecular complexity index is 545. The van der Waals surface area contributed by atoms with Crippen molar-refractivity contribution in [1.82, 2.24) is 4.90 Å². The molecule has 1 aliphatic rings. The van der Waals surface area contributed by atoms with Crippen molar-refractivity contribution in [3.63, 3.8) is 0 Å². The lowest BCUT2D eigenvalue weighted by molar-refractivity contribution is 0.0961. The molecule has 0 unspecified atom stereocenters. The summed E-state index contributed by atoms with van der Waals surface area (Å²) in [6, 6.07) is 3.91. The fourth-order valence-electron chi connectivity index (χ4n) is 3.56. The fourth-order valence-corrected chi connectivity index (χ4v) is 3.56. The molecular weight excluding hydrogens is 298 g/mol. The number of rotatable bonds is 8. The van der Waals surface area contributed by atoms with Gasteiger partial charge in [0.1, 0.15) is 5.75 Å². The Labute approximate surface area is 147 Å². The Morgan fingerprint density at radius 2 is 1.96 bits per heavy atom. The third kappa shape index (κ3) is 5.07. The molecule has 1 aromatic rings. The van der Waals surface area contributed by atoms with Crippen molar-refractivity contribution in [1.29, 1.82) is 0 Å². The summed E-state index contributed by atoms with van der Waals surface area (Å²) < 4.78 is 5.40. The molecule has 3 nitrogen and oxygen atoms in total. The van der Waals surface area contributed by atoms with Crippen LogP contribution in [-0.4, -0.2) is 37.4 Å². The Hall–Kier alpha value is -1.35. The number of methoxy groups -OCH3 is 1. The molecule has 1 heterocycles. The quantitative estimate of drug-likeness (QED) is 0.642. The van der Waals surface area contributed by atoms with Gasteiger partial charge < -0.3 is 9.64 Å². The van der Waals surface area contributed by atoms with Crippen molar-refractivity contribution in [2.75, 3.05) is 26.7 Å². The van der Waals surface area contributed by atoms with Crippen LogP contribution >= 0.6 is 0 Å². The average molecular weight is 332 g/mol. The van der Waals surface area contributed by atoms with Crippen molar-refractivity contribution in [2.24, 2.45) is 5.92 Å². The van der Waals surface area contributed by atoms with Gasteiger partial charge in [-0.1, -0.05) is 13.3 Å². The van der Waals surface area contributed by atoms with Crippen molar-refractivity contribution >= 4 is 5.78 Å². The second-order valence-electron chi connectivity index (χ2n) is 7.22. The zero-order valence-electron chi connectivity index (χ0n) is 15.9. The van der Waals surface area contributed by atoms with E-state index in [1.807, 2.05) is 26.0 Å². The van der Waals surface area contributed by atoms with E-state index in [1.54, 1.807) is 7.11 Å². The second-order valence-corrected chi connectivity index (χ2v) is 7.22. The summed E-state index contributed by atoms with van der Waals surface area (Å²) in [5.74, 6) is 1.78. The van der Waals surface area contributed by atoms with Gasteiger partial charge in [-0.15, -0.1) is 0 Å². The SMILES string of the molecule is CCCCN1CCC(CCC(=O)c2cc(C)c(C)c(OC)c2)CC1. The lowest BCUT2D eigenvalue weighted by Crippen LogP contribution is -2.34. The van der Waals surface area contributed by atoms with E-state index in [-0.39, 0.29) is 5.78 Å². The predicted molar refractivity (Wildman–Crippen MR) is 100 cm³/mol. The number of unbranched alkanes of at least 4 members (excludes halogenated alkanes) is 1. The van der Waals surface area contributed by atoms with Crippen molar-refractivity contribution < 1.29 is 9.53 Å². The second kappa shape index (κ2) is 9.22. The van der Waals surface area contributed by atoms with Crippen LogP contribution < -0.4 is 4.74 Å². The highest BCUT2D eigenvalue weighted by Gasteiger charge is 2.20. The highest BCUT2D eigenvalue weighted by Crippen LogP contribution is 2.26. The zero-order valence-corrected chi connectivity index (χ0v) is 15.9. The van der Waals surface area contributed by atoms with Crippen molar-refractivity contribution in [3.8, 4) is 5.75 Å². The predicted octanol–water partition coefficient (Wildman–Crippen LogP) is 4.79. The molecule has 0 bridgehead atoms. The van der Waals surface area contributed by atoms with Crippen LogP contribution in [-0.2, 0) is 0 Å². The summed E-state index contributed by atoms with van der Waals surface area (Å²) in [4.78, 5) is 15.1. The molecule has 24 heavy (non-hydrogen) atoms. The summed E-state index contributed by atoms with van der Waals surface area (Å²) in [7, 11) is 1.67. The van der Waals surface area contributed by atoms with Gasteiger partial charge in [-0.05, 0) is 88.3 Å². The molecule has 3 heteroatoms. The first-order chi connectivity index (χ1) is 11.5. The third-order valence-corrected chi connectivity index (χ3v) is 5.48. The highest BCUT2D eigenvalue weighted by atomic mass is 16.5. The number of nitrogens with zero attached hydrogens (tertiary/aromatic N) is 1. The Balaban J connectivity index is 1.83. The number of ketones is 1. The number of hydrogen-bond donors (Lipinski definition) is 0. The summed E-state index contributed by atoms with van der Waals surface area (Å²) >= 11 is 0. The van der Waals surface area contributed by atoms with Gasteiger partial charge in [0.05, 0.1) is 7.11 Å². The van der Waals surface area contributed by atoms with Crippen molar-refractivity contribution in [3.05, 3.63) is 28.8 Å². The highest BCUT2D eigenvalue weighted by molar-refractivity contribution is 5.96. The molecular formula is C21H33NO2. The first kappa shape index (κ1) is 19.0. The van der Waals surface area contributed by atoms with Gasteiger partial charge in [-0.2, -0.15) is 0 Å². The maximum Gasteiger partial charge on any atom is 0.163 e. The molecule has 1 aromatic carbocycles. The number of hydrogen-bond acceptors (Lipinski definition) is 3. The molecule has 0 saturated carbocycles. The molecule has 2 rings (SSSR count). The minimum Gasteiger partial charge on any atom is -0.496 e. The van der Waals surface area contributed by atoms with Crippen LogP contribution in [0.25, 0.3) is 0 Å². The van der Waals surface area contributed by atoms with Gasteiger partial charge in [0.2, 0.25) is 0 Å². The molecule has 0 spiro atoms. The number of benzene rings is 1. The molecule has 0 aromatic heterocycles. The number of piperidine rings is 1. The number of carbonyl (C=O) groups is 1. The fraction of sp³-hybridized carbons (Fsp3) is 0.667. The maximum absolute atomic E-state index is 12.6. The van der Waals surface area contributed by atoms with Crippen LogP contribution in [0.15, 0.2) is 12.1 Å². The molecule has 1 fully saturated rings. The summed E-state index contributed by atoms with van der Waals surface area (Å²) in [6.07, 6.45) is 6.74. The first-order valence-electron chi connectivity index (χ1n) is 9.46. The number of aryl methyl sites for hydroxylation is 1. The van der Waals surface area contributed by atoms with E-state index in [0.29, 0.717) is 12.3 Å². The van der Waals surface area contributed by atoms with E-state index in [0.717, 1.165) is 28.9 Å². The number of carbonyl (C=O) groups excluding carboxylic acids is 1. The topological polar surface area (TPSA) is 29.5 Å². The van der Waals surface area contributed by atoms with Gasteiger partial charge in [-0.25, -0.2) is 0 Å². The Morgan fingerprint density at radius 1 is 1.25 bits per heavy atom. The standard InChI is InChI=1S/C21H33NO2/c1-5-6-11-22-12-9-18(10-13-22)7-8-20(23)19-14-16(2)17(3)21(15-19)24-4/h14-15,18H,5-13H2,1-4H3. The Morgan fingerprint density at radius 3 is 2.58 bits per heavy atom. The number of ether oxygens (including phenoxy) is 1. The van der Waals surface area contributed by atoms with Gasteiger partial charge >= 0.3 is 0 Å². The smallest absolute Gasteiger partial charge is 0.163 e. The minimum absolute atomic E-state index is 0.254. The molecule has 134 valence electrons. The molecule has 0 atom stereocenters. The van der Waals surface area contributed by atoms with Crippen LogP contribution in [0.4, 0.5) is 0 Å². The molecule has 1 aliphatic heterocycles. The van der Waals surface area contributed by atoms with Gasteiger partial charge in [0.15, 0.2) is 5.78 Å². The maximum atomic E-state index is 12.6. The van der Waals surface area contributed by atoms with Crippen LogP contribution in [0, 0.1) is 19.8 Å². The average Bonchev–Trinajstić information content (AvgIpc) is 2.60. The first-order valence-corrected chi connectivity index (χ1v) is 9.46. The van der Waals surface area contributed by atoms with Crippen LogP contribution in [0.1, 0.15) is 66.9 Å². The molecule has 0 N–H and O–H groups in total. The van der Waals surface area contributed by atoms with Crippen molar-refractivity contribution in [2.45, 2.75) is 59.3 Å². The summed E-state index contributed by atoms with van der Waals surface area (Å²) in [5, 5.41) is 0. The number of Topliss-reactive ketones (excluding diaryl/α,β-unsaturated/α-hetero) is 1. The van der Waals surface area contributed by atoms with E-state index in [4.69, 9.17) is 4.74 Å².